The lowest BCUT2D eigenvalue weighted by atomic mass is 10.0. The van der Waals surface area contributed by atoms with Crippen LogP contribution in [-0.2, 0) is 11.3 Å². The van der Waals surface area contributed by atoms with E-state index < -0.39 is 6.36 Å². The fourth-order valence-electron chi connectivity index (χ4n) is 2.30. The normalized spacial score (nSPS) is 23.6. The average molecular weight is 289 g/mol. The highest BCUT2D eigenvalue weighted by molar-refractivity contribution is 5.28. The van der Waals surface area contributed by atoms with E-state index in [2.05, 4.69) is 10.1 Å². The smallest absolute Gasteiger partial charge is 0.406 e. The van der Waals surface area contributed by atoms with Crippen molar-refractivity contribution in [1.29, 1.82) is 0 Å². The lowest BCUT2D eigenvalue weighted by Crippen LogP contribution is -2.37. The van der Waals surface area contributed by atoms with Crippen molar-refractivity contribution in [2.75, 3.05) is 6.61 Å². The number of ether oxygens (including phenoxy) is 2. The summed E-state index contributed by atoms with van der Waals surface area (Å²) in [6.07, 6.45) is -2.59. The SMILES string of the molecule is CC1CC(NCc2cccc(OC(F)(F)F)c2)CCO1. The summed E-state index contributed by atoms with van der Waals surface area (Å²) in [5.74, 6) is -0.183. The molecule has 1 fully saturated rings. The maximum absolute atomic E-state index is 12.1. The number of benzene rings is 1. The molecule has 0 radical (unpaired) electrons. The minimum Gasteiger partial charge on any atom is -0.406 e. The molecular formula is C14H18F3NO2. The summed E-state index contributed by atoms with van der Waals surface area (Å²) >= 11 is 0. The van der Waals surface area contributed by atoms with Crippen LogP contribution in [0.1, 0.15) is 25.3 Å². The molecule has 1 aromatic rings. The Kier molecular flexibility index (Phi) is 4.88. The maximum Gasteiger partial charge on any atom is 0.573 e. The highest BCUT2D eigenvalue weighted by Gasteiger charge is 2.31. The van der Waals surface area contributed by atoms with E-state index in [0.29, 0.717) is 12.6 Å². The molecule has 20 heavy (non-hydrogen) atoms. The molecule has 1 aliphatic heterocycles. The highest BCUT2D eigenvalue weighted by atomic mass is 19.4. The van der Waals surface area contributed by atoms with E-state index in [1.54, 1.807) is 12.1 Å². The minimum absolute atomic E-state index is 0.183. The second-order valence-corrected chi connectivity index (χ2v) is 4.98. The molecule has 1 aliphatic rings. The number of alkyl halides is 3. The van der Waals surface area contributed by atoms with Gasteiger partial charge >= 0.3 is 6.36 Å². The lowest BCUT2D eigenvalue weighted by Gasteiger charge is -2.28. The van der Waals surface area contributed by atoms with Gasteiger partial charge in [0.15, 0.2) is 0 Å². The van der Waals surface area contributed by atoms with Gasteiger partial charge in [-0.1, -0.05) is 12.1 Å². The molecule has 3 nitrogen and oxygen atoms in total. The maximum atomic E-state index is 12.1. The van der Waals surface area contributed by atoms with E-state index in [1.807, 2.05) is 6.92 Å². The van der Waals surface area contributed by atoms with Crippen molar-refractivity contribution in [2.45, 2.75) is 44.8 Å². The Morgan fingerprint density at radius 2 is 2.20 bits per heavy atom. The first-order valence-corrected chi connectivity index (χ1v) is 6.62. The Balaban J connectivity index is 1.88. The van der Waals surface area contributed by atoms with Gasteiger partial charge in [0.1, 0.15) is 5.75 Å². The Bertz CT molecular complexity index is 437. The number of hydrogen-bond donors (Lipinski definition) is 1. The van der Waals surface area contributed by atoms with Crippen molar-refractivity contribution >= 4 is 0 Å². The second kappa shape index (κ2) is 6.45. The molecule has 1 saturated heterocycles. The van der Waals surface area contributed by atoms with Gasteiger partial charge in [-0.15, -0.1) is 13.2 Å². The molecule has 2 unspecified atom stereocenters. The molecule has 2 rings (SSSR count). The quantitative estimate of drug-likeness (QED) is 0.923. The first-order valence-electron chi connectivity index (χ1n) is 6.62. The molecule has 0 amide bonds. The van der Waals surface area contributed by atoms with E-state index in [0.717, 1.165) is 25.0 Å². The summed E-state index contributed by atoms with van der Waals surface area (Å²) in [4.78, 5) is 0. The summed E-state index contributed by atoms with van der Waals surface area (Å²) < 4.78 is 45.8. The molecule has 2 atom stereocenters. The van der Waals surface area contributed by atoms with Crippen molar-refractivity contribution < 1.29 is 22.6 Å². The first-order chi connectivity index (χ1) is 9.42. The monoisotopic (exact) mass is 289 g/mol. The predicted octanol–water partition coefficient (Wildman–Crippen LogP) is 3.24. The van der Waals surface area contributed by atoms with Crippen molar-refractivity contribution in [2.24, 2.45) is 0 Å². The van der Waals surface area contributed by atoms with Gasteiger partial charge in [-0.3, -0.25) is 0 Å². The topological polar surface area (TPSA) is 30.5 Å². The van der Waals surface area contributed by atoms with Crippen LogP contribution < -0.4 is 10.1 Å². The Labute approximate surface area is 116 Å². The van der Waals surface area contributed by atoms with E-state index >= 15 is 0 Å². The molecule has 0 aliphatic carbocycles. The van der Waals surface area contributed by atoms with Crippen molar-refractivity contribution in [3.8, 4) is 5.75 Å². The Hall–Kier alpha value is -1.27. The largest absolute Gasteiger partial charge is 0.573 e. The molecule has 1 N–H and O–H groups in total. The van der Waals surface area contributed by atoms with Crippen LogP contribution in [-0.4, -0.2) is 25.1 Å². The summed E-state index contributed by atoms with van der Waals surface area (Å²) in [6, 6.07) is 6.38. The third kappa shape index (κ3) is 5.02. The van der Waals surface area contributed by atoms with E-state index in [4.69, 9.17) is 4.74 Å². The van der Waals surface area contributed by atoms with Gasteiger partial charge in [0, 0.05) is 19.2 Å². The molecule has 1 heterocycles. The van der Waals surface area contributed by atoms with Crippen LogP contribution in [0.25, 0.3) is 0 Å². The number of nitrogens with one attached hydrogen (secondary N) is 1. The number of rotatable bonds is 4. The lowest BCUT2D eigenvalue weighted by molar-refractivity contribution is -0.274. The van der Waals surface area contributed by atoms with Crippen LogP contribution in [0.15, 0.2) is 24.3 Å². The summed E-state index contributed by atoms with van der Waals surface area (Å²) in [7, 11) is 0. The zero-order chi connectivity index (χ0) is 14.6. The van der Waals surface area contributed by atoms with E-state index in [1.165, 1.54) is 12.1 Å². The van der Waals surface area contributed by atoms with Gasteiger partial charge in [-0.05, 0) is 37.5 Å². The fourth-order valence-corrected chi connectivity index (χ4v) is 2.30. The van der Waals surface area contributed by atoms with Crippen LogP contribution in [0.3, 0.4) is 0 Å². The summed E-state index contributed by atoms with van der Waals surface area (Å²) in [6.45, 7) is 3.26. The fraction of sp³-hybridized carbons (Fsp3) is 0.571. The van der Waals surface area contributed by atoms with Gasteiger partial charge in [0.05, 0.1) is 6.10 Å². The molecule has 1 aromatic carbocycles. The molecule has 0 saturated carbocycles. The summed E-state index contributed by atoms with van der Waals surface area (Å²) in [5.41, 5.74) is 0.769. The molecular weight excluding hydrogens is 271 g/mol. The number of halogens is 3. The van der Waals surface area contributed by atoms with Crippen LogP contribution >= 0.6 is 0 Å². The predicted molar refractivity (Wildman–Crippen MR) is 68.4 cm³/mol. The Morgan fingerprint density at radius 1 is 1.40 bits per heavy atom. The van der Waals surface area contributed by atoms with Crippen molar-refractivity contribution in [1.82, 2.24) is 5.32 Å². The van der Waals surface area contributed by atoms with Gasteiger partial charge < -0.3 is 14.8 Å². The highest BCUT2D eigenvalue weighted by Crippen LogP contribution is 2.23. The van der Waals surface area contributed by atoms with Crippen LogP contribution in [0.2, 0.25) is 0 Å². The van der Waals surface area contributed by atoms with Gasteiger partial charge in [-0.2, -0.15) is 0 Å². The molecule has 0 aromatic heterocycles. The third-order valence-corrected chi connectivity index (χ3v) is 3.21. The van der Waals surface area contributed by atoms with Gasteiger partial charge in [0.25, 0.3) is 0 Å². The zero-order valence-corrected chi connectivity index (χ0v) is 11.2. The van der Waals surface area contributed by atoms with Crippen LogP contribution in [0.5, 0.6) is 5.75 Å². The van der Waals surface area contributed by atoms with E-state index in [9.17, 15) is 13.2 Å². The standard InChI is InChI=1S/C14H18F3NO2/c1-10-7-12(5-6-19-10)18-9-11-3-2-4-13(8-11)20-14(15,16)17/h2-4,8,10,12,18H,5-7,9H2,1H3. The van der Waals surface area contributed by atoms with E-state index in [-0.39, 0.29) is 11.9 Å². The third-order valence-electron chi connectivity index (χ3n) is 3.21. The zero-order valence-electron chi connectivity index (χ0n) is 11.2. The van der Waals surface area contributed by atoms with Gasteiger partial charge in [0.2, 0.25) is 0 Å². The van der Waals surface area contributed by atoms with Crippen LogP contribution in [0.4, 0.5) is 13.2 Å². The first kappa shape index (κ1) is 15.1. The molecule has 6 heteroatoms. The minimum atomic E-state index is -4.65. The molecule has 0 bridgehead atoms. The second-order valence-electron chi connectivity index (χ2n) is 4.98. The summed E-state index contributed by atoms with van der Waals surface area (Å²) in [5, 5.41) is 3.34. The van der Waals surface area contributed by atoms with Gasteiger partial charge in [-0.25, -0.2) is 0 Å². The van der Waals surface area contributed by atoms with Crippen molar-refractivity contribution in [3.05, 3.63) is 29.8 Å². The van der Waals surface area contributed by atoms with Crippen molar-refractivity contribution in [3.63, 3.8) is 0 Å². The molecule has 112 valence electrons. The van der Waals surface area contributed by atoms with Crippen LogP contribution in [0, 0.1) is 0 Å². The average Bonchev–Trinajstić information content (AvgIpc) is 2.35. The molecule has 0 spiro atoms. The number of hydrogen-bond acceptors (Lipinski definition) is 3. The Morgan fingerprint density at radius 3 is 2.90 bits per heavy atom.